The number of hydrogen-bond acceptors (Lipinski definition) is 6. The Morgan fingerprint density at radius 2 is 1.95 bits per heavy atom. The molecule has 0 aliphatic rings. The quantitative estimate of drug-likeness (QED) is 0.487. The maximum absolute atomic E-state index is 13.7. The molecule has 0 heterocycles. The number of aliphatic hydroxyl groups is 1. The number of rotatable bonds is 6. The molecule has 1 rings (SSSR count). The van der Waals surface area contributed by atoms with Crippen molar-refractivity contribution in [3.05, 3.63) is 45.8 Å². The van der Waals surface area contributed by atoms with Gasteiger partial charge in [0.2, 0.25) is 6.54 Å². The van der Waals surface area contributed by atoms with Crippen molar-refractivity contribution in [3.63, 3.8) is 0 Å². The summed E-state index contributed by atoms with van der Waals surface area (Å²) in [6.07, 6.45) is 0. The van der Waals surface area contributed by atoms with Gasteiger partial charge in [-0.25, -0.2) is 4.39 Å². The number of hydrogen-bond donors (Lipinski definition) is 1. The Balaban J connectivity index is 3.49. The normalized spacial score (nSPS) is 14.9. The monoisotopic (exact) mass is 293 g/mol. The number of nitro groups is 1. The van der Waals surface area contributed by atoms with Crippen LogP contribution < -0.4 is 0 Å². The smallest absolute Gasteiger partial charge is 0.368 e. The van der Waals surface area contributed by atoms with E-state index in [0.29, 0.717) is 0 Å². The van der Waals surface area contributed by atoms with E-state index in [0.717, 1.165) is 26.4 Å². The van der Waals surface area contributed by atoms with Crippen LogP contribution in [0.15, 0.2) is 24.3 Å². The van der Waals surface area contributed by atoms with Crippen molar-refractivity contribution in [3.8, 4) is 0 Å². The van der Waals surface area contributed by atoms with Crippen LogP contribution in [0.25, 0.3) is 0 Å². The Morgan fingerprint density at radius 3 is 2.37 bits per heavy atom. The van der Waals surface area contributed by atoms with E-state index in [-0.39, 0.29) is 0 Å². The summed E-state index contributed by atoms with van der Waals surface area (Å²) < 4.78 is 35.2. The lowest BCUT2D eigenvalue weighted by Gasteiger charge is -2.30. The maximum atomic E-state index is 13.7. The van der Waals surface area contributed by atoms with Gasteiger partial charge in [-0.2, -0.15) is 0 Å². The summed E-state index contributed by atoms with van der Waals surface area (Å²) in [4.78, 5) is 9.75. The summed E-state index contributed by atoms with van der Waals surface area (Å²) in [6.45, 7) is -1.22. The highest BCUT2D eigenvalue weighted by molar-refractivity contribution is 7.54. The minimum absolute atomic E-state index is 0.515. The van der Waals surface area contributed by atoms with E-state index in [4.69, 9.17) is 0 Å². The summed E-state index contributed by atoms with van der Waals surface area (Å²) in [5, 5.41) is 18.3. The lowest BCUT2D eigenvalue weighted by molar-refractivity contribution is -0.496. The lowest BCUT2D eigenvalue weighted by atomic mass is 10.1. The largest absolute Gasteiger partial charge is 0.373 e. The first-order valence-corrected chi connectivity index (χ1v) is 6.66. The van der Waals surface area contributed by atoms with Crippen LogP contribution >= 0.6 is 7.60 Å². The highest BCUT2D eigenvalue weighted by Crippen LogP contribution is 2.62. The zero-order valence-corrected chi connectivity index (χ0v) is 11.2. The Hall–Kier alpha value is -1.34. The molecule has 0 fully saturated rings. The fourth-order valence-electron chi connectivity index (χ4n) is 1.66. The molecule has 0 bridgehead atoms. The fourth-order valence-corrected chi connectivity index (χ4v) is 3.18. The van der Waals surface area contributed by atoms with Crippen molar-refractivity contribution >= 4 is 7.60 Å². The molecular formula is C10H13FNO6P. The fraction of sp³-hybridized carbons (Fsp3) is 0.400. The molecule has 7 nitrogen and oxygen atoms in total. The summed E-state index contributed by atoms with van der Waals surface area (Å²) >= 11 is 0. The van der Waals surface area contributed by atoms with Crippen molar-refractivity contribution in [1.29, 1.82) is 0 Å². The molecule has 0 radical (unpaired) electrons. The van der Waals surface area contributed by atoms with Crippen LogP contribution in [0.3, 0.4) is 0 Å². The molecule has 0 aliphatic carbocycles. The van der Waals surface area contributed by atoms with Crippen LogP contribution in [0, 0.1) is 15.9 Å². The molecule has 0 saturated carbocycles. The van der Waals surface area contributed by atoms with Gasteiger partial charge < -0.3 is 14.2 Å². The lowest BCUT2D eigenvalue weighted by Crippen LogP contribution is -2.36. The summed E-state index contributed by atoms with van der Waals surface area (Å²) in [7, 11) is -2.42. The third-order valence-corrected chi connectivity index (χ3v) is 4.84. The molecule has 1 aromatic rings. The summed E-state index contributed by atoms with van der Waals surface area (Å²) in [5.41, 5.74) is -0.515. The van der Waals surface area contributed by atoms with E-state index in [1.807, 2.05) is 0 Å². The van der Waals surface area contributed by atoms with Gasteiger partial charge in [-0.1, -0.05) is 18.2 Å². The van der Waals surface area contributed by atoms with E-state index >= 15 is 0 Å². The maximum Gasteiger partial charge on any atom is 0.373 e. The Kier molecular flexibility index (Phi) is 4.75. The zero-order valence-electron chi connectivity index (χ0n) is 10.3. The second-order valence-corrected chi connectivity index (χ2v) is 6.11. The Morgan fingerprint density at radius 1 is 1.42 bits per heavy atom. The zero-order chi connectivity index (χ0) is 14.7. The van der Waals surface area contributed by atoms with Gasteiger partial charge in [-0.15, -0.1) is 0 Å². The van der Waals surface area contributed by atoms with E-state index in [1.54, 1.807) is 0 Å². The topological polar surface area (TPSA) is 98.9 Å². The number of benzene rings is 1. The summed E-state index contributed by atoms with van der Waals surface area (Å²) in [5.74, 6) is -0.943. The van der Waals surface area contributed by atoms with Crippen LogP contribution in [-0.4, -0.2) is 30.8 Å². The second kappa shape index (κ2) is 5.75. The predicted octanol–water partition coefficient (Wildman–Crippen LogP) is 1.73. The first-order chi connectivity index (χ1) is 8.80. The predicted molar refractivity (Wildman–Crippen MR) is 63.8 cm³/mol. The van der Waals surface area contributed by atoms with Gasteiger partial charge in [-0.3, -0.25) is 14.7 Å². The van der Waals surface area contributed by atoms with Crippen LogP contribution in [0.2, 0.25) is 0 Å². The standard InChI is InChI=1S/C10H13FNO6P/c1-17-19(16,18-2)10(13,7-12(14)15)8-5-3-4-6-9(8)11/h3-6,13H,7H2,1-2H3. The first-order valence-electron chi connectivity index (χ1n) is 5.11. The second-order valence-electron chi connectivity index (χ2n) is 3.65. The van der Waals surface area contributed by atoms with E-state index < -0.39 is 35.8 Å². The number of halogens is 1. The van der Waals surface area contributed by atoms with Gasteiger partial charge >= 0.3 is 7.60 Å². The molecular weight excluding hydrogens is 280 g/mol. The molecule has 106 valence electrons. The molecule has 0 aromatic heterocycles. The SMILES string of the molecule is COP(=O)(OC)C(O)(C[N+](=O)[O-])c1ccccc1F. The van der Waals surface area contributed by atoms with Crippen molar-refractivity contribution in [2.75, 3.05) is 20.8 Å². The molecule has 0 spiro atoms. The minimum atomic E-state index is -4.33. The molecule has 19 heavy (non-hydrogen) atoms. The Bertz CT molecular complexity index is 516. The highest BCUT2D eigenvalue weighted by Gasteiger charge is 2.56. The van der Waals surface area contributed by atoms with Crippen molar-refractivity contribution in [2.24, 2.45) is 0 Å². The molecule has 0 amide bonds. The third kappa shape index (κ3) is 2.82. The van der Waals surface area contributed by atoms with Crippen LogP contribution in [0.1, 0.15) is 5.56 Å². The average Bonchev–Trinajstić information content (AvgIpc) is 2.37. The van der Waals surface area contributed by atoms with E-state index in [2.05, 4.69) is 9.05 Å². The molecule has 0 saturated heterocycles. The summed E-state index contributed by atoms with van der Waals surface area (Å²) in [6, 6.07) is 4.74. The number of nitrogens with zero attached hydrogens (tertiary/aromatic N) is 1. The van der Waals surface area contributed by atoms with Gasteiger partial charge in [0.25, 0.3) is 5.34 Å². The van der Waals surface area contributed by atoms with Gasteiger partial charge in [0, 0.05) is 24.7 Å². The third-order valence-electron chi connectivity index (χ3n) is 2.59. The van der Waals surface area contributed by atoms with Gasteiger partial charge in [-0.05, 0) is 6.07 Å². The molecule has 1 aromatic carbocycles. The molecule has 9 heteroatoms. The van der Waals surface area contributed by atoms with Crippen molar-refractivity contribution in [2.45, 2.75) is 5.34 Å². The van der Waals surface area contributed by atoms with Gasteiger partial charge in [0.15, 0.2) is 0 Å². The van der Waals surface area contributed by atoms with Crippen LogP contribution in [-0.2, 0) is 19.0 Å². The first kappa shape index (κ1) is 15.7. The minimum Gasteiger partial charge on any atom is -0.368 e. The highest BCUT2D eigenvalue weighted by atomic mass is 31.2. The van der Waals surface area contributed by atoms with Crippen molar-refractivity contribution in [1.82, 2.24) is 0 Å². The van der Waals surface area contributed by atoms with E-state index in [1.165, 1.54) is 12.1 Å². The van der Waals surface area contributed by atoms with Gasteiger partial charge in [0.05, 0.1) is 0 Å². The molecule has 1 atom stereocenters. The van der Waals surface area contributed by atoms with Crippen molar-refractivity contribution < 1.29 is 28.0 Å². The molecule has 1 N–H and O–H groups in total. The molecule has 0 aliphatic heterocycles. The van der Waals surface area contributed by atoms with E-state index in [9.17, 15) is 24.2 Å². The Labute approximate surface area is 108 Å². The molecule has 1 unspecified atom stereocenters. The van der Waals surface area contributed by atoms with Crippen LogP contribution in [0.4, 0.5) is 4.39 Å². The average molecular weight is 293 g/mol. The van der Waals surface area contributed by atoms with Crippen LogP contribution in [0.5, 0.6) is 0 Å². The van der Waals surface area contributed by atoms with Gasteiger partial charge in [0.1, 0.15) is 5.82 Å².